The lowest BCUT2D eigenvalue weighted by Crippen LogP contribution is -2.27. The van der Waals surface area contributed by atoms with Crippen molar-refractivity contribution < 1.29 is 5.11 Å². The molecule has 2 nitrogen and oxygen atoms in total. The Hall–Kier alpha value is -2.89. The van der Waals surface area contributed by atoms with E-state index in [4.69, 9.17) is 0 Å². The average Bonchev–Trinajstić information content (AvgIpc) is 2.62. The van der Waals surface area contributed by atoms with Crippen molar-refractivity contribution in [3.63, 3.8) is 0 Å². The van der Waals surface area contributed by atoms with Gasteiger partial charge in [-0.15, -0.1) is 0 Å². The van der Waals surface area contributed by atoms with E-state index in [1.807, 2.05) is 85.8 Å². The van der Waals surface area contributed by atoms with Crippen LogP contribution in [0.1, 0.15) is 22.5 Å². The minimum absolute atomic E-state index is 0.346. The van der Waals surface area contributed by atoms with Gasteiger partial charge >= 0.3 is 0 Å². The number of pyridine rings is 1. The molecule has 1 heterocycles. The summed E-state index contributed by atoms with van der Waals surface area (Å²) in [5.74, 6) is 6.15. The van der Waals surface area contributed by atoms with Gasteiger partial charge in [0.25, 0.3) is 0 Å². The van der Waals surface area contributed by atoms with Gasteiger partial charge in [0.2, 0.25) is 0 Å². The lowest BCUT2D eigenvalue weighted by atomic mass is 9.89. The van der Waals surface area contributed by atoms with Crippen LogP contribution in [-0.2, 0) is 12.0 Å². The number of aryl methyl sites for hydroxylation is 1. The van der Waals surface area contributed by atoms with Gasteiger partial charge in [-0.05, 0) is 36.8 Å². The first kappa shape index (κ1) is 16.0. The first-order valence-corrected chi connectivity index (χ1v) is 7.94. The highest BCUT2D eigenvalue weighted by atomic mass is 16.3. The number of rotatable bonds is 3. The summed E-state index contributed by atoms with van der Waals surface area (Å²) in [7, 11) is 0. The molecule has 0 fully saturated rings. The monoisotopic (exact) mass is 313 g/mol. The molecule has 118 valence electrons. The molecule has 0 saturated heterocycles. The number of hydrogen-bond acceptors (Lipinski definition) is 2. The molecule has 3 aromatic rings. The lowest BCUT2D eigenvalue weighted by molar-refractivity contribution is 0.0995. The Morgan fingerprint density at radius 2 is 1.54 bits per heavy atom. The third-order valence-electron chi connectivity index (χ3n) is 3.82. The number of nitrogens with zero attached hydrogens (tertiary/aromatic N) is 1. The zero-order valence-corrected chi connectivity index (χ0v) is 13.6. The molecule has 2 aromatic carbocycles. The van der Waals surface area contributed by atoms with Crippen LogP contribution in [0, 0.1) is 18.8 Å². The molecule has 2 heteroatoms. The van der Waals surface area contributed by atoms with Gasteiger partial charge in [0, 0.05) is 23.4 Å². The third-order valence-corrected chi connectivity index (χ3v) is 3.82. The molecule has 0 radical (unpaired) electrons. The first-order valence-electron chi connectivity index (χ1n) is 7.94. The predicted molar refractivity (Wildman–Crippen MR) is 96.3 cm³/mol. The van der Waals surface area contributed by atoms with Crippen molar-refractivity contribution in [3.05, 3.63) is 101 Å². The summed E-state index contributed by atoms with van der Waals surface area (Å²) in [4.78, 5) is 4.51. The van der Waals surface area contributed by atoms with Gasteiger partial charge in [-0.2, -0.15) is 0 Å². The summed E-state index contributed by atoms with van der Waals surface area (Å²) in [6, 6.07) is 25.1. The molecule has 0 amide bonds. The molecule has 0 aliphatic rings. The topological polar surface area (TPSA) is 33.1 Å². The highest BCUT2D eigenvalue weighted by Crippen LogP contribution is 2.25. The van der Waals surface area contributed by atoms with Gasteiger partial charge in [0.1, 0.15) is 0 Å². The second-order valence-electron chi connectivity index (χ2n) is 5.79. The number of benzene rings is 2. The van der Waals surface area contributed by atoms with E-state index in [2.05, 4.69) is 16.8 Å². The fraction of sp³-hybridized carbons (Fsp3) is 0.136. The van der Waals surface area contributed by atoms with Crippen LogP contribution in [0.25, 0.3) is 0 Å². The molecule has 0 spiro atoms. The Balaban J connectivity index is 2.00. The van der Waals surface area contributed by atoms with Crippen molar-refractivity contribution in [1.29, 1.82) is 0 Å². The summed E-state index contributed by atoms with van der Waals surface area (Å²) < 4.78 is 0. The van der Waals surface area contributed by atoms with E-state index in [0.29, 0.717) is 6.42 Å². The molecule has 0 unspecified atom stereocenters. The van der Waals surface area contributed by atoms with Gasteiger partial charge in [0.15, 0.2) is 5.60 Å². The Morgan fingerprint density at radius 1 is 0.875 bits per heavy atom. The maximum Gasteiger partial charge on any atom is 0.156 e. The van der Waals surface area contributed by atoms with Crippen LogP contribution in [0.4, 0.5) is 0 Å². The Labute approximate surface area is 142 Å². The summed E-state index contributed by atoms with van der Waals surface area (Å²) in [6.45, 7) is 1.95. The van der Waals surface area contributed by atoms with Gasteiger partial charge in [-0.3, -0.25) is 4.98 Å². The third kappa shape index (κ3) is 3.90. The van der Waals surface area contributed by atoms with E-state index in [-0.39, 0.29) is 0 Å². The molecule has 0 aliphatic carbocycles. The Bertz CT molecular complexity index is 862. The molecule has 1 atom stereocenters. The van der Waals surface area contributed by atoms with E-state index in [1.165, 1.54) is 0 Å². The van der Waals surface area contributed by atoms with Crippen LogP contribution in [0.2, 0.25) is 0 Å². The molecule has 1 N–H and O–H groups in total. The smallest absolute Gasteiger partial charge is 0.156 e. The fourth-order valence-electron chi connectivity index (χ4n) is 2.59. The van der Waals surface area contributed by atoms with Crippen molar-refractivity contribution in [2.24, 2.45) is 0 Å². The minimum Gasteiger partial charge on any atom is -0.373 e. The SMILES string of the molecule is Cc1cccc(C[C@@](O)(C#Cc2ccccc2)c2ccccc2)n1. The lowest BCUT2D eigenvalue weighted by Gasteiger charge is -2.22. The zero-order valence-electron chi connectivity index (χ0n) is 13.6. The number of aromatic nitrogens is 1. The predicted octanol–water partition coefficient (Wildman–Crippen LogP) is 3.87. The molecule has 0 aliphatic heterocycles. The molecule has 0 saturated carbocycles. The standard InChI is InChI=1S/C22H19NO/c1-18-9-8-14-21(23-18)17-22(24,20-12-6-3-7-13-20)16-15-19-10-4-2-5-11-19/h2-14,24H,17H2,1H3/t22-/m0/s1. The Kier molecular flexibility index (Phi) is 4.74. The van der Waals surface area contributed by atoms with Crippen molar-refractivity contribution in [3.8, 4) is 11.8 Å². The van der Waals surface area contributed by atoms with Gasteiger partial charge in [0.05, 0.1) is 0 Å². The van der Waals surface area contributed by atoms with E-state index >= 15 is 0 Å². The first-order chi connectivity index (χ1) is 11.7. The van der Waals surface area contributed by atoms with Crippen LogP contribution in [0.15, 0.2) is 78.9 Å². The number of aliphatic hydroxyl groups is 1. The van der Waals surface area contributed by atoms with E-state index in [0.717, 1.165) is 22.5 Å². The maximum absolute atomic E-state index is 11.3. The normalized spacial score (nSPS) is 12.8. The molecule has 0 bridgehead atoms. The van der Waals surface area contributed by atoms with Crippen molar-refractivity contribution in [1.82, 2.24) is 4.98 Å². The second-order valence-corrected chi connectivity index (χ2v) is 5.79. The van der Waals surface area contributed by atoms with Crippen molar-refractivity contribution >= 4 is 0 Å². The van der Waals surface area contributed by atoms with Crippen molar-refractivity contribution in [2.75, 3.05) is 0 Å². The molecule has 1 aromatic heterocycles. The van der Waals surface area contributed by atoms with E-state index in [1.54, 1.807) is 0 Å². The van der Waals surface area contributed by atoms with Gasteiger partial charge < -0.3 is 5.11 Å². The van der Waals surface area contributed by atoms with E-state index < -0.39 is 5.60 Å². The van der Waals surface area contributed by atoms with E-state index in [9.17, 15) is 5.11 Å². The average molecular weight is 313 g/mol. The van der Waals surface area contributed by atoms with Crippen LogP contribution < -0.4 is 0 Å². The Morgan fingerprint density at radius 3 is 2.21 bits per heavy atom. The number of hydrogen-bond donors (Lipinski definition) is 1. The van der Waals surface area contributed by atoms with Crippen LogP contribution >= 0.6 is 0 Å². The maximum atomic E-state index is 11.3. The summed E-state index contributed by atoms with van der Waals surface area (Å²) in [5, 5.41) is 11.3. The van der Waals surface area contributed by atoms with Gasteiger partial charge in [-0.1, -0.05) is 66.4 Å². The molecular formula is C22H19NO. The molecular weight excluding hydrogens is 294 g/mol. The second kappa shape index (κ2) is 7.12. The van der Waals surface area contributed by atoms with Crippen molar-refractivity contribution in [2.45, 2.75) is 18.9 Å². The van der Waals surface area contributed by atoms with Gasteiger partial charge in [-0.25, -0.2) is 0 Å². The fourth-order valence-corrected chi connectivity index (χ4v) is 2.59. The van der Waals surface area contributed by atoms with Crippen LogP contribution in [0.5, 0.6) is 0 Å². The quantitative estimate of drug-likeness (QED) is 0.745. The minimum atomic E-state index is -1.28. The molecule has 3 rings (SSSR count). The highest BCUT2D eigenvalue weighted by Gasteiger charge is 2.28. The largest absolute Gasteiger partial charge is 0.373 e. The zero-order chi connectivity index (χ0) is 16.8. The summed E-state index contributed by atoms with van der Waals surface area (Å²) >= 11 is 0. The highest BCUT2D eigenvalue weighted by molar-refractivity contribution is 5.40. The summed E-state index contributed by atoms with van der Waals surface area (Å²) in [6.07, 6.45) is 0.346. The van der Waals surface area contributed by atoms with Crippen LogP contribution in [0.3, 0.4) is 0 Å². The summed E-state index contributed by atoms with van der Waals surface area (Å²) in [5.41, 5.74) is 2.13. The molecule has 24 heavy (non-hydrogen) atoms. The van der Waals surface area contributed by atoms with Crippen LogP contribution in [-0.4, -0.2) is 10.1 Å².